The summed E-state index contributed by atoms with van der Waals surface area (Å²) < 4.78 is 15.6. The smallest absolute Gasteiger partial charge is 0.146 e. The summed E-state index contributed by atoms with van der Waals surface area (Å²) in [5.41, 5.74) is 8.54. The van der Waals surface area contributed by atoms with Crippen molar-refractivity contribution in [1.82, 2.24) is 9.55 Å². The Hall–Kier alpha value is -2.36. The molecule has 0 aliphatic carbocycles. The third kappa shape index (κ3) is 1.76. The van der Waals surface area contributed by atoms with Crippen molar-refractivity contribution in [3.8, 4) is 11.4 Å². The van der Waals surface area contributed by atoms with Gasteiger partial charge in [0.25, 0.3) is 0 Å². The summed E-state index contributed by atoms with van der Waals surface area (Å²) in [5.74, 6) is 0.299. The minimum Gasteiger partial charge on any atom is -0.396 e. The SMILES string of the molecule is CCn1c(-c2cccc(F)c2N)nc2ccccc21. The number of nitrogens with zero attached hydrogens (tertiary/aromatic N) is 2. The van der Waals surface area contributed by atoms with Crippen LogP contribution in [-0.4, -0.2) is 9.55 Å². The van der Waals surface area contributed by atoms with Gasteiger partial charge in [0.05, 0.1) is 16.7 Å². The van der Waals surface area contributed by atoms with Gasteiger partial charge in [-0.05, 0) is 31.2 Å². The van der Waals surface area contributed by atoms with Crippen LogP contribution in [0, 0.1) is 5.82 Å². The number of nitrogen functional groups attached to an aromatic ring is 1. The summed E-state index contributed by atoms with van der Waals surface area (Å²) in [7, 11) is 0. The number of aromatic nitrogens is 2. The molecule has 0 aliphatic heterocycles. The van der Waals surface area contributed by atoms with Crippen molar-refractivity contribution in [1.29, 1.82) is 0 Å². The van der Waals surface area contributed by atoms with Crippen molar-refractivity contribution in [3.63, 3.8) is 0 Å². The predicted octanol–water partition coefficient (Wildman–Crippen LogP) is 3.44. The van der Waals surface area contributed by atoms with E-state index in [2.05, 4.69) is 4.98 Å². The molecular weight excluding hydrogens is 241 g/mol. The molecule has 3 aromatic rings. The van der Waals surface area contributed by atoms with Gasteiger partial charge in [0.2, 0.25) is 0 Å². The van der Waals surface area contributed by atoms with Gasteiger partial charge in [-0.2, -0.15) is 0 Å². The van der Waals surface area contributed by atoms with Crippen LogP contribution >= 0.6 is 0 Å². The summed E-state index contributed by atoms with van der Waals surface area (Å²) in [4.78, 5) is 4.57. The average molecular weight is 255 g/mol. The van der Waals surface area contributed by atoms with E-state index in [-0.39, 0.29) is 5.69 Å². The zero-order chi connectivity index (χ0) is 13.4. The largest absolute Gasteiger partial charge is 0.396 e. The number of rotatable bonds is 2. The Balaban J connectivity index is 2.33. The molecule has 1 heterocycles. The van der Waals surface area contributed by atoms with Crippen LogP contribution in [0.3, 0.4) is 0 Å². The van der Waals surface area contributed by atoms with Crippen LogP contribution in [0.15, 0.2) is 42.5 Å². The fourth-order valence-corrected chi connectivity index (χ4v) is 2.33. The van der Waals surface area contributed by atoms with Gasteiger partial charge in [-0.1, -0.05) is 18.2 Å². The summed E-state index contributed by atoms with van der Waals surface area (Å²) in [6, 6.07) is 12.7. The number of nitrogens with two attached hydrogens (primary N) is 1. The Labute approximate surface area is 110 Å². The molecule has 3 nitrogen and oxygen atoms in total. The molecule has 0 aliphatic rings. The average Bonchev–Trinajstić information content (AvgIpc) is 2.80. The maximum absolute atomic E-state index is 13.6. The first-order valence-electron chi connectivity index (χ1n) is 6.22. The summed E-state index contributed by atoms with van der Waals surface area (Å²) in [6.07, 6.45) is 0. The molecule has 96 valence electrons. The highest BCUT2D eigenvalue weighted by Crippen LogP contribution is 2.30. The van der Waals surface area contributed by atoms with Crippen molar-refractivity contribution in [2.24, 2.45) is 0 Å². The Morgan fingerprint density at radius 2 is 1.95 bits per heavy atom. The van der Waals surface area contributed by atoms with E-state index < -0.39 is 5.82 Å². The minimum atomic E-state index is -0.410. The maximum atomic E-state index is 13.6. The fourth-order valence-electron chi connectivity index (χ4n) is 2.33. The zero-order valence-electron chi connectivity index (χ0n) is 10.6. The van der Waals surface area contributed by atoms with Crippen molar-refractivity contribution in [2.45, 2.75) is 13.5 Å². The molecule has 4 heteroatoms. The molecule has 1 aromatic heterocycles. The van der Waals surface area contributed by atoms with Gasteiger partial charge in [-0.15, -0.1) is 0 Å². The first-order chi connectivity index (χ1) is 9.22. The molecule has 0 bridgehead atoms. The Morgan fingerprint density at radius 3 is 2.74 bits per heavy atom. The number of hydrogen-bond acceptors (Lipinski definition) is 2. The lowest BCUT2D eigenvalue weighted by Gasteiger charge is -2.08. The number of anilines is 1. The second-order valence-electron chi connectivity index (χ2n) is 4.37. The normalized spacial score (nSPS) is 11.1. The summed E-state index contributed by atoms with van der Waals surface area (Å²) >= 11 is 0. The van der Waals surface area contributed by atoms with Gasteiger partial charge in [0, 0.05) is 12.1 Å². The number of hydrogen-bond donors (Lipinski definition) is 1. The quantitative estimate of drug-likeness (QED) is 0.713. The molecule has 0 fully saturated rings. The van der Waals surface area contributed by atoms with Crippen molar-refractivity contribution in [3.05, 3.63) is 48.3 Å². The Morgan fingerprint density at radius 1 is 1.16 bits per heavy atom. The molecule has 19 heavy (non-hydrogen) atoms. The second kappa shape index (κ2) is 4.39. The van der Waals surface area contributed by atoms with E-state index >= 15 is 0 Å². The fraction of sp³-hybridized carbons (Fsp3) is 0.133. The van der Waals surface area contributed by atoms with Crippen molar-refractivity contribution in [2.75, 3.05) is 5.73 Å². The monoisotopic (exact) mass is 255 g/mol. The van der Waals surface area contributed by atoms with Crippen LogP contribution in [0.1, 0.15) is 6.92 Å². The highest BCUT2D eigenvalue weighted by Gasteiger charge is 2.14. The number of benzene rings is 2. The zero-order valence-corrected chi connectivity index (χ0v) is 10.6. The third-order valence-corrected chi connectivity index (χ3v) is 3.26. The van der Waals surface area contributed by atoms with Gasteiger partial charge >= 0.3 is 0 Å². The standard InChI is InChI=1S/C15H14FN3/c1-2-19-13-9-4-3-8-12(13)18-15(19)10-6-5-7-11(16)14(10)17/h3-9H,2,17H2,1H3. The molecule has 0 spiro atoms. The maximum Gasteiger partial charge on any atom is 0.146 e. The number of halogens is 1. The molecule has 0 unspecified atom stereocenters. The van der Waals surface area contributed by atoms with Gasteiger partial charge < -0.3 is 10.3 Å². The van der Waals surface area contributed by atoms with E-state index in [4.69, 9.17) is 5.73 Å². The third-order valence-electron chi connectivity index (χ3n) is 3.26. The molecule has 0 saturated carbocycles. The van der Waals surface area contributed by atoms with E-state index in [1.54, 1.807) is 12.1 Å². The van der Waals surface area contributed by atoms with Crippen LogP contribution in [0.4, 0.5) is 10.1 Å². The number of imidazole rings is 1. The highest BCUT2D eigenvalue weighted by atomic mass is 19.1. The lowest BCUT2D eigenvalue weighted by molar-refractivity contribution is 0.632. The van der Waals surface area contributed by atoms with Crippen LogP contribution in [0.2, 0.25) is 0 Å². The van der Waals surface area contributed by atoms with Gasteiger partial charge in [-0.25, -0.2) is 9.37 Å². The molecule has 3 rings (SSSR count). The van der Waals surface area contributed by atoms with Crippen molar-refractivity contribution >= 4 is 16.7 Å². The number of aryl methyl sites for hydroxylation is 1. The van der Waals surface area contributed by atoms with E-state index in [0.717, 1.165) is 17.6 Å². The van der Waals surface area contributed by atoms with Gasteiger partial charge in [-0.3, -0.25) is 0 Å². The van der Waals surface area contributed by atoms with Crippen LogP contribution in [0.5, 0.6) is 0 Å². The van der Waals surface area contributed by atoms with E-state index in [9.17, 15) is 4.39 Å². The van der Waals surface area contributed by atoms with Crippen molar-refractivity contribution < 1.29 is 4.39 Å². The minimum absolute atomic E-state index is 0.146. The Bertz CT molecular complexity index is 746. The first-order valence-corrected chi connectivity index (χ1v) is 6.22. The molecule has 2 N–H and O–H groups in total. The van der Waals surface area contributed by atoms with Gasteiger partial charge in [0.15, 0.2) is 0 Å². The Kier molecular flexibility index (Phi) is 2.71. The van der Waals surface area contributed by atoms with Gasteiger partial charge in [0.1, 0.15) is 11.6 Å². The molecule has 2 aromatic carbocycles. The highest BCUT2D eigenvalue weighted by molar-refractivity contribution is 5.83. The lowest BCUT2D eigenvalue weighted by atomic mass is 10.1. The van der Waals surface area contributed by atoms with Crippen LogP contribution < -0.4 is 5.73 Å². The first kappa shape index (κ1) is 11.7. The molecule has 0 amide bonds. The number of fused-ring (bicyclic) bond motifs is 1. The predicted molar refractivity (Wildman–Crippen MR) is 75.2 cm³/mol. The lowest BCUT2D eigenvalue weighted by Crippen LogP contribution is -2.01. The summed E-state index contributed by atoms with van der Waals surface area (Å²) in [6.45, 7) is 2.79. The number of para-hydroxylation sites is 3. The molecule has 0 saturated heterocycles. The van der Waals surface area contributed by atoms with E-state index in [0.29, 0.717) is 11.4 Å². The topological polar surface area (TPSA) is 43.8 Å². The van der Waals surface area contributed by atoms with E-state index in [1.165, 1.54) is 6.07 Å². The second-order valence-corrected chi connectivity index (χ2v) is 4.37. The molecular formula is C15H14FN3. The van der Waals surface area contributed by atoms with E-state index in [1.807, 2.05) is 35.8 Å². The molecule has 0 radical (unpaired) electrons. The molecule has 0 atom stereocenters. The van der Waals surface area contributed by atoms with Crippen LogP contribution in [-0.2, 0) is 6.54 Å². The summed E-state index contributed by atoms with van der Waals surface area (Å²) in [5, 5.41) is 0. The van der Waals surface area contributed by atoms with Crippen LogP contribution in [0.25, 0.3) is 22.4 Å².